The second-order valence-electron chi connectivity index (χ2n) is 3.04. The van der Waals surface area contributed by atoms with Gasteiger partial charge in [0, 0.05) is 5.56 Å². The average molecular weight is 298 g/mol. The van der Waals surface area contributed by atoms with Crippen molar-refractivity contribution in [3.8, 4) is 11.3 Å². The van der Waals surface area contributed by atoms with Crippen LogP contribution in [-0.2, 0) is 4.74 Å². The number of methoxy groups -OCH3 is 1. The third-order valence-corrected chi connectivity index (χ3v) is 3.56. The highest BCUT2D eigenvalue weighted by molar-refractivity contribution is 9.11. The van der Waals surface area contributed by atoms with Gasteiger partial charge in [-0.05, 0) is 27.5 Å². The van der Waals surface area contributed by atoms with Crippen LogP contribution in [-0.4, -0.2) is 17.5 Å². The molecule has 1 aromatic carbocycles. The lowest BCUT2D eigenvalue weighted by Crippen LogP contribution is -2.02. The fraction of sp³-hybridized carbons (Fsp3) is 0.0909. The Hall–Kier alpha value is -1.20. The summed E-state index contributed by atoms with van der Waals surface area (Å²) in [5.41, 5.74) is 2.05. The van der Waals surface area contributed by atoms with Gasteiger partial charge >= 0.3 is 5.97 Å². The first kappa shape index (κ1) is 11.3. The van der Waals surface area contributed by atoms with E-state index in [2.05, 4.69) is 20.3 Å². The Morgan fingerprint density at radius 1 is 1.38 bits per heavy atom. The van der Waals surface area contributed by atoms with Crippen molar-refractivity contribution in [2.75, 3.05) is 7.11 Å². The quantitative estimate of drug-likeness (QED) is 0.798. The Morgan fingerprint density at radius 3 is 2.69 bits per heavy atom. The molecule has 1 aromatic heterocycles. The number of benzene rings is 1. The predicted octanol–water partition coefficient (Wildman–Crippen LogP) is 3.36. The maximum absolute atomic E-state index is 11.6. The molecule has 0 spiro atoms. The molecule has 0 N–H and O–H groups in total. The van der Waals surface area contributed by atoms with Gasteiger partial charge in [0.25, 0.3) is 0 Å². The predicted molar refractivity (Wildman–Crippen MR) is 66.6 cm³/mol. The average Bonchev–Trinajstić information content (AvgIpc) is 2.71. The molecule has 0 aliphatic heterocycles. The topological polar surface area (TPSA) is 39.2 Å². The van der Waals surface area contributed by atoms with E-state index in [0.717, 1.165) is 5.56 Å². The van der Waals surface area contributed by atoms with Crippen LogP contribution in [0.3, 0.4) is 0 Å². The van der Waals surface area contributed by atoms with E-state index in [9.17, 15) is 4.79 Å². The third-order valence-electron chi connectivity index (χ3n) is 2.09. The van der Waals surface area contributed by atoms with Gasteiger partial charge in [-0.2, -0.15) is 4.37 Å². The highest BCUT2D eigenvalue weighted by Crippen LogP contribution is 2.32. The highest BCUT2D eigenvalue weighted by atomic mass is 79.9. The Labute approximate surface area is 105 Å². The highest BCUT2D eigenvalue weighted by Gasteiger charge is 2.20. The van der Waals surface area contributed by atoms with Crippen molar-refractivity contribution in [1.82, 2.24) is 4.37 Å². The molecular formula is C11H8BrNO2S. The molecule has 0 amide bonds. The molecule has 16 heavy (non-hydrogen) atoms. The Kier molecular flexibility index (Phi) is 3.36. The number of halogens is 1. The number of hydrogen-bond acceptors (Lipinski definition) is 4. The zero-order valence-corrected chi connectivity index (χ0v) is 10.8. The number of ether oxygens (including phenoxy) is 1. The molecule has 2 rings (SSSR count). The lowest BCUT2D eigenvalue weighted by molar-refractivity contribution is 0.0601. The number of aromatic nitrogens is 1. The molecule has 0 fully saturated rings. The van der Waals surface area contributed by atoms with Gasteiger partial charge in [0.05, 0.1) is 12.8 Å². The van der Waals surface area contributed by atoms with E-state index in [1.165, 1.54) is 18.6 Å². The van der Waals surface area contributed by atoms with E-state index in [-0.39, 0.29) is 5.97 Å². The molecule has 0 saturated carbocycles. The summed E-state index contributed by atoms with van der Waals surface area (Å²) in [6, 6.07) is 9.55. The van der Waals surface area contributed by atoms with Gasteiger partial charge in [-0.3, -0.25) is 0 Å². The van der Waals surface area contributed by atoms with Crippen LogP contribution in [0.15, 0.2) is 34.1 Å². The molecule has 2 aromatic rings. The zero-order chi connectivity index (χ0) is 11.5. The van der Waals surface area contributed by atoms with Gasteiger partial charge in [0.1, 0.15) is 9.35 Å². The van der Waals surface area contributed by atoms with Crippen molar-refractivity contribution >= 4 is 33.4 Å². The maximum Gasteiger partial charge on any atom is 0.342 e. The number of carbonyl (C=O) groups excluding carboxylic acids is 1. The first-order valence-corrected chi connectivity index (χ1v) is 6.09. The summed E-state index contributed by atoms with van der Waals surface area (Å²) in [5, 5.41) is 0. The smallest absolute Gasteiger partial charge is 0.342 e. The molecule has 5 heteroatoms. The summed E-state index contributed by atoms with van der Waals surface area (Å²) in [5.74, 6) is -0.375. The first-order valence-electron chi connectivity index (χ1n) is 4.53. The van der Waals surface area contributed by atoms with Crippen molar-refractivity contribution < 1.29 is 9.53 Å². The molecule has 0 radical (unpaired) electrons. The molecule has 0 bridgehead atoms. The fourth-order valence-corrected chi connectivity index (χ4v) is 2.55. The van der Waals surface area contributed by atoms with E-state index >= 15 is 0 Å². The van der Waals surface area contributed by atoms with Crippen molar-refractivity contribution in [3.63, 3.8) is 0 Å². The van der Waals surface area contributed by atoms with Crippen LogP contribution < -0.4 is 0 Å². The lowest BCUT2D eigenvalue weighted by atomic mass is 10.1. The van der Waals surface area contributed by atoms with Crippen LogP contribution in [0.4, 0.5) is 0 Å². The lowest BCUT2D eigenvalue weighted by Gasteiger charge is -2.01. The summed E-state index contributed by atoms with van der Waals surface area (Å²) in [6.07, 6.45) is 0. The largest absolute Gasteiger partial charge is 0.465 e. The number of carbonyl (C=O) groups is 1. The number of nitrogens with zero attached hydrogens (tertiary/aromatic N) is 1. The van der Waals surface area contributed by atoms with Crippen LogP contribution in [0.25, 0.3) is 11.3 Å². The molecular weight excluding hydrogens is 290 g/mol. The van der Waals surface area contributed by atoms with E-state index in [1.54, 1.807) is 0 Å². The first-order chi connectivity index (χ1) is 7.74. The minimum Gasteiger partial charge on any atom is -0.465 e. The van der Waals surface area contributed by atoms with E-state index in [1.807, 2.05) is 30.3 Å². The standard InChI is InChI=1S/C11H8BrNO2S/c1-15-11(14)8-9(13-16-10(8)12)7-5-3-2-4-6-7/h2-6H,1H3. The second kappa shape index (κ2) is 4.76. The van der Waals surface area contributed by atoms with Gasteiger partial charge < -0.3 is 4.74 Å². The van der Waals surface area contributed by atoms with Gasteiger partial charge in [0.15, 0.2) is 0 Å². The van der Waals surface area contributed by atoms with Crippen molar-refractivity contribution in [3.05, 3.63) is 39.7 Å². The van der Waals surface area contributed by atoms with Crippen LogP contribution in [0, 0.1) is 0 Å². The van der Waals surface area contributed by atoms with E-state index in [4.69, 9.17) is 4.74 Å². The number of hydrogen-bond donors (Lipinski definition) is 0. The molecule has 0 saturated heterocycles. The Balaban J connectivity index is 2.55. The molecule has 1 heterocycles. The zero-order valence-electron chi connectivity index (χ0n) is 8.44. The van der Waals surface area contributed by atoms with Crippen LogP contribution in [0.1, 0.15) is 10.4 Å². The van der Waals surface area contributed by atoms with Gasteiger partial charge in [-0.1, -0.05) is 30.3 Å². The van der Waals surface area contributed by atoms with Crippen LogP contribution in [0.2, 0.25) is 0 Å². The van der Waals surface area contributed by atoms with Gasteiger partial charge in [0.2, 0.25) is 0 Å². The molecule has 0 aliphatic rings. The third kappa shape index (κ3) is 2.01. The van der Waals surface area contributed by atoms with Gasteiger partial charge in [-0.25, -0.2) is 4.79 Å². The van der Waals surface area contributed by atoms with Crippen LogP contribution >= 0.6 is 27.5 Å². The summed E-state index contributed by atoms with van der Waals surface area (Å²) in [4.78, 5) is 11.6. The number of esters is 1. The van der Waals surface area contributed by atoms with E-state index < -0.39 is 0 Å². The maximum atomic E-state index is 11.6. The molecule has 82 valence electrons. The van der Waals surface area contributed by atoms with Crippen molar-refractivity contribution in [1.29, 1.82) is 0 Å². The summed E-state index contributed by atoms with van der Waals surface area (Å²) in [7, 11) is 1.36. The Morgan fingerprint density at radius 2 is 2.06 bits per heavy atom. The molecule has 0 unspecified atom stereocenters. The minimum absolute atomic E-state index is 0.375. The second-order valence-corrected chi connectivity index (χ2v) is 5.13. The Bertz CT molecular complexity index is 510. The molecule has 0 atom stereocenters. The van der Waals surface area contributed by atoms with E-state index in [0.29, 0.717) is 15.0 Å². The monoisotopic (exact) mass is 297 g/mol. The normalized spacial score (nSPS) is 10.1. The summed E-state index contributed by atoms with van der Waals surface area (Å²) < 4.78 is 9.68. The van der Waals surface area contributed by atoms with Crippen molar-refractivity contribution in [2.45, 2.75) is 0 Å². The fourth-order valence-electron chi connectivity index (χ4n) is 1.34. The molecule has 0 aliphatic carbocycles. The van der Waals surface area contributed by atoms with Crippen molar-refractivity contribution in [2.24, 2.45) is 0 Å². The van der Waals surface area contributed by atoms with Gasteiger partial charge in [-0.15, -0.1) is 0 Å². The SMILES string of the molecule is COC(=O)c1c(-c2ccccc2)nsc1Br. The summed E-state index contributed by atoms with van der Waals surface area (Å²) >= 11 is 4.55. The molecule has 3 nitrogen and oxygen atoms in total. The van der Waals surface area contributed by atoms with Crippen LogP contribution in [0.5, 0.6) is 0 Å². The number of rotatable bonds is 2. The summed E-state index contributed by atoms with van der Waals surface area (Å²) in [6.45, 7) is 0. The minimum atomic E-state index is -0.375.